The van der Waals surface area contributed by atoms with Crippen LogP contribution in [0.1, 0.15) is 17.9 Å². The third-order valence-electron chi connectivity index (χ3n) is 3.00. The second-order valence-electron chi connectivity index (χ2n) is 4.01. The second-order valence-corrected chi connectivity index (χ2v) is 4.01. The largest absolute Gasteiger partial charge is 0.465 e. The highest BCUT2D eigenvalue weighted by Gasteiger charge is 2.62. The molecule has 2 atom stereocenters. The number of benzene rings is 1. The van der Waals surface area contributed by atoms with Crippen molar-refractivity contribution in [3.05, 3.63) is 35.9 Å². The van der Waals surface area contributed by atoms with E-state index in [1.807, 2.05) is 30.3 Å². The van der Waals surface area contributed by atoms with Crippen LogP contribution in [0.15, 0.2) is 30.3 Å². The Morgan fingerprint density at radius 3 is 2.47 bits per heavy atom. The fourth-order valence-corrected chi connectivity index (χ4v) is 2.09. The Kier molecular flexibility index (Phi) is 2.72. The molecule has 0 saturated heterocycles. The summed E-state index contributed by atoms with van der Waals surface area (Å²) in [5.41, 5.74) is 1.13. The van der Waals surface area contributed by atoms with Crippen molar-refractivity contribution in [1.29, 1.82) is 0 Å². The molecular weight excluding hydrogens is 224 g/mol. The first kappa shape index (κ1) is 11.4. The molecule has 2 amide bonds. The summed E-state index contributed by atoms with van der Waals surface area (Å²) in [6, 6.07) is 9.11. The van der Waals surface area contributed by atoms with E-state index in [9.17, 15) is 9.59 Å². The molecule has 17 heavy (non-hydrogen) atoms. The van der Waals surface area contributed by atoms with Gasteiger partial charge in [-0.1, -0.05) is 30.3 Å². The maximum Gasteiger partial charge on any atom is 0.405 e. The Bertz CT molecular complexity index is 448. The van der Waals surface area contributed by atoms with Crippen LogP contribution < -0.4 is 10.8 Å². The van der Waals surface area contributed by atoms with Crippen LogP contribution in [0.25, 0.3) is 0 Å². The molecule has 1 aromatic carbocycles. The molecule has 6 nitrogen and oxygen atoms in total. The molecule has 0 aliphatic heterocycles. The molecule has 1 aliphatic carbocycles. The third-order valence-corrected chi connectivity index (χ3v) is 3.00. The zero-order valence-corrected chi connectivity index (χ0v) is 8.88. The van der Waals surface area contributed by atoms with Gasteiger partial charge in [0.2, 0.25) is 0 Å². The summed E-state index contributed by atoms with van der Waals surface area (Å²) in [6.07, 6.45) is -0.942. The lowest BCUT2D eigenvalue weighted by molar-refractivity contribution is -0.132. The van der Waals surface area contributed by atoms with E-state index in [1.165, 1.54) is 5.48 Å². The molecular formula is C11H12N2O4. The highest BCUT2D eigenvalue weighted by atomic mass is 16.5. The van der Waals surface area contributed by atoms with E-state index in [0.29, 0.717) is 6.42 Å². The van der Waals surface area contributed by atoms with Gasteiger partial charge in [0, 0.05) is 5.92 Å². The minimum Gasteiger partial charge on any atom is -0.465 e. The molecule has 0 bridgehead atoms. The Balaban J connectivity index is 2.23. The number of carboxylic acid groups (broad SMARTS) is 1. The lowest BCUT2D eigenvalue weighted by atomic mass is 10.1. The van der Waals surface area contributed by atoms with Gasteiger partial charge >= 0.3 is 6.09 Å². The van der Waals surface area contributed by atoms with Crippen molar-refractivity contribution in [3.8, 4) is 0 Å². The highest BCUT2D eigenvalue weighted by molar-refractivity contribution is 5.94. The number of hydrogen-bond donors (Lipinski definition) is 4. The molecule has 1 aromatic rings. The zero-order valence-electron chi connectivity index (χ0n) is 8.88. The van der Waals surface area contributed by atoms with E-state index < -0.39 is 17.5 Å². The van der Waals surface area contributed by atoms with Gasteiger partial charge in [-0.15, -0.1) is 0 Å². The molecule has 1 fully saturated rings. The van der Waals surface area contributed by atoms with Gasteiger partial charge in [0.15, 0.2) is 0 Å². The summed E-state index contributed by atoms with van der Waals surface area (Å²) in [5.74, 6) is -0.972. The van der Waals surface area contributed by atoms with E-state index in [2.05, 4.69) is 5.32 Å². The molecule has 1 aliphatic rings. The van der Waals surface area contributed by atoms with Gasteiger partial charge in [-0.2, -0.15) is 0 Å². The Morgan fingerprint density at radius 2 is 1.94 bits per heavy atom. The number of nitrogens with one attached hydrogen (secondary N) is 2. The molecule has 0 aromatic heterocycles. The van der Waals surface area contributed by atoms with E-state index >= 15 is 0 Å². The van der Waals surface area contributed by atoms with Crippen LogP contribution in [-0.2, 0) is 4.79 Å². The van der Waals surface area contributed by atoms with Crippen LogP contribution in [0, 0.1) is 0 Å². The van der Waals surface area contributed by atoms with Crippen LogP contribution >= 0.6 is 0 Å². The molecule has 2 rings (SSSR count). The van der Waals surface area contributed by atoms with Crippen molar-refractivity contribution in [1.82, 2.24) is 10.8 Å². The van der Waals surface area contributed by atoms with Crippen molar-refractivity contribution < 1.29 is 19.9 Å². The second kappa shape index (κ2) is 4.06. The first-order valence-electron chi connectivity index (χ1n) is 5.11. The van der Waals surface area contributed by atoms with Gasteiger partial charge in [0.25, 0.3) is 5.91 Å². The van der Waals surface area contributed by atoms with Crippen molar-refractivity contribution in [2.24, 2.45) is 0 Å². The third kappa shape index (κ3) is 1.94. The number of amides is 2. The van der Waals surface area contributed by atoms with Crippen molar-refractivity contribution in [2.75, 3.05) is 0 Å². The molecule has 0 spiro atoms. The standard InChI is InChI=1S/C11H12N2O4/c14-9(13-17)11(12-10(15)16)6-8(11)7-4-2-1-3-5-7/h1-5,8,12,17H,6H2,(H,13,14)(H,15,16)/t8-,11+/m1/s1. The van der Waals surface area contributed by atoms with Crippen molar-refractivity contribution in [2.45, 2.75) is 17.9 Å². The molecule has 0 radical (unpaired) electrons. The Labute approximate surface area is 97.2 Å². The maximum atomic E-state index is 11.5. The lowest BCUT2D eigenvalue weighted by Gasteiger charge is -2.15. The predicted octanol–water partition coefficient (Wildman–Crippen LogP) is 0.686. The Morgan fingerprint density at radius 1 is 1.29 bits per heavy atom. The van der Waals surface area contributed by atoms with Gasteiger partial charge in [0.1, 0.15) is 5.54 Å². The van der Waals surface area contributed by atoms with E-state index in [-0.39, 0.29) is 5.92 Å². The lowest BCUT2D eigenvalue weighted by Crippen LogP contribution is -2.49. The summed E-state index contributed by atoms with van der Waals surface area (Å²) in [6.45, 7) is 0. The quantitative estimate of drug-likeness (QED) is 0.458. The van der Waals surface area contributed by atoms with Crippen LogP contribution in [0.5, 0.6) is 0 Å². The Hall–Kier alpha value is -2.08. The van der Waals surface area contributed by atoms with Crippen LogP contribution in [-0.4, -0.2) is 27.9 Å². The number of hydroxylamine groups is 1. The summed E-state index contributed by atoms with van der Waals surface area (Å²) >= 11 is 0. The van der Waals surface area contributed by atoms with E-state index in [0.717, 1.165) is 5.56 Å². The maximum absolute atomic E-state index is 11.5. The monoisotopic (exact) mass is 236 g/mol. The van der Waals surface area contributed by atoms with Crippen molar-refractivity contribution >= 4 is 12.0 Å². The number of hydrogen-bond acceptors (Lipinski definition) is 3. The SMILES string of the molecule is O=C(O)N[C@@]1(C(=O)NO)C[C@@H]1c1ccccc1. The molecule has 0 unspecified atom stereocenters. The van der Waals surface area contributed by atoms with Gasteiger partial charge in [-0.25, -0.2) is 10.3 Å². The minimum absolute atomic E-state index is 0.244. The number of carbonyl (C=O) groups excluding carboxylic acids is 1. The average Bonchev–Trinajstić information content (AvgIpc) is 3.04. The number of carbonyl (C=O) groups is 2. The van der Waals surface area contributed by atoms with Crippen LogP contribution in [0.2, 0.25) is 0 Å². The molecule has 90 valence electrons. The topological polar surface area (TPSA) is 98.7 Å². The van der Waals surface area contributed by atoms with Gasteiger partial charge in [-0.05, 0) is 12.0 Å². The molecule has 4 N–H and O–H groups in total. The van der Waals surface area contributed by atoms with Gasteiger partial charge in [0.05, 0.1) is 0 Å². The first-order chi connectivity index (χ1) is 8.10. The van der Waals surface area contributed by atoms with Crippen LogP contribution in [0.4, 0.5) is 4.79 Å². The smallest absolute Gasteiger partial charge is 0.405 e. The van der Waals surface area contributed by atoms with E-state index in [1.54, 1.807) is 0 Å². The number of rotatable bonds is 3. The summed E-state index contributed by atoms with van der Waals surface area (Å²) < 4.78 is 0. The van der Waals surface area contributed by atoms with Gasteiger partial charge in [-0.3, -0.25) is 10.0 Å². The average molecular weight is 236 g/mol. The first-order valence-corrected chi connectivity index (χ1v) is 5.11. The normalized spacial score (nSPS) is 26.1. The molecule has 0 heterocycles. The summed E-state index contributed by atoms with van der Waals surface area (Å²) in [7, 11) is 0. The molecule has 1 saturated carbocycles. The van der Waals surface area contributed by atoms with Gasteiger partial charge < -0.3 is 10.4 Å². The van der Waals surface area contributed by atoms with Crippen LogP contribution in [0.3, 0.4) is 0 Å². The highest BCUT2D eigenvalue weighted by Crippen LogP contribution is 2.51. The van der Waals surface area contributed by atoms with E-state index in [4.69, 9.17) is 10.3 Å². The summed E-state index contributed by atoms with van der Waals surface area (Å²) in [5, 5.41) is 19.6. The molecule has 6 heteroatoms. The predicted molar refractivity (Wildman–Crippen MR) is 57.6 cm³/mol. The minimum atomic E-state index is -1.29. The fraction of sp³-hybridized carbons (Fsp3) is 0.273. The summed E-state index contributed by atoms with van der Waals surface area (Å²) in [4.78, 5) is 22.2. The van der Waals surface area contributed by atoms with Crippen molar-refractivity contribution in [3.63, 3.8) is 0 Å². The fourth-order valence-electron chi connectivity index (χ4n) is 2.09. The zero-order chi connectivity index (χ0) is 12.5.